The molecule has 4 nitrogen and oxygen atoms in total. The van der Waals surface area contributed by atoms with Crippen molar-refractivity contribution >= 4 is 34.0 Å². The van der Waals surface area contributed by atoms with Gasteiger partial charge in [-0.05, 0) is 24.6 Å². The molecule has 0 saturated carbocycles. The Labute approximate surface area is 153 Å². The van der Waals surface area contributed by atoms with Crippen molar-refractivity contribution in [3.63, 3.8) is 0 Å². The van der Waals surface area contributed by atoms with E-state index in [0.29, 0.717) is 16.4 Å². The number of nitrogens with zero attached hydrogens (tertiary/aromatic N) is 2. The minimum atomic E-state index is -0.241. The number of ketones is 1. The van der Waals surface area contributed by atoms with E-state index in [4.69, 9.17) is 0 Å². The van der Waals surface area contributed by atoms with Crippen LogP contribution in [0.4, 0.5) is 9.52 Å². The Bertz CT molecular complexity index is 848. The standard InChI is InChI=1S/C18H16FN3OS2/c1-12-2-6-14(7-3-12)16(23)10-20-17-21-22-18(25-17)24-11-13-4-8-15(19)9-5-13/h2-9H,10-11H2,1H3,(H,20,21). The molecular formula is C18H16FN3OS2. The van der Waals surface area contributed by atoms with Gasteiger partial charge in [0.15, 0.2) is 10.1 Å². The SMILES string of the molecule is Cc1ccc(C(=O)CNc2nnc(SCc3ccc(F)cc3)s2)cc1. The number of nitrogens with one attached hydrogen (secondary N) is 1. The largest absolute Gasteiger partial charge is 0.353 e. The zero-order valence-corrected chi connectivity index (χ0v) is 15.2. The first-order valence-electron chi connectivity index (χ1n) is 7.64. The summed E-state index contributed by atoms with van der Waals surface area (Å²) in [5.41, 5.74) is 2.82. The maximum Gasteiger partial charge on any atom is 0.206 e. The van der Waals surface area contributed by atoms with Crippen LogP contribution in [0, 0.1) is 12.7 Å². The van der Waals surface area contributed by atoms with Gasteiger partial charge in [0.1, 0.15) is 5.82 Å². The number of thioether (sulfide) groups is 1. The van der Waals surface area contributed by atoms with Gasteiger partial charge in [-0.25, -0.2) is 4.39 Å². The van der Waals surface area contributed by atoms with E-state index in [-0.39, 0.29) is 18.1 Å². The predicted molar refractivity (Wildman–Crippen MR) is 99.9 cm³/mol. The second kappa shape index (κ2) is 8.22. The molecule has 0 atom stereocenters. The van der Waals surface area contributed by atoms with Gasteiger partial charge in [-0.1, -0.05) is 65.1 Å². The number of benzene rings is 2. The molecule has 7 heteroatoms. The molecule has 128 valence electrons. The molecule has 0 amide bonds. The van der Waals surface area contributed by atoms with E-state index >= 15 is 0 Å². The van der Waals surface area contributed by atoms with Gasteiger partial charge in [-0.15, -0.1) is 10.2 Å². The zero-order chi connectivity index (χ0) is 17.6. The number of hydrogen-bond acceptors (Lipinski definition) is 6. The quantitative estimate of drug-likeness (QED) is 0.485. The van der Waals surface area contributed by atoms with Crippen LogP contribution in [0.3, 0.4) is 0 Å². The van der Waals surface area contributed by atoms with Crippen LogP contribution < -0.4 is 5.32 Å². The van der Waals surface area contributed by atoms with Crippen LogP contribution in [0.2, 0.25) is 0 Å². The summed E-state index contributed by atoms with van der Waals surface area (Å²) >= 11 is 2.93. The smallest absolute Gasteiger partial charge is 0.206 e. The first-order valence-corrected chi connectivity index (χ1v) is 9.45. The van der Waals surface area contributed by atoms with Gasteiger partial charge in [0, 0.05) is 11.3 Å². The maximum absolute atomic E-state index is 12.9. The Hall–Kier alpha value is -2.25. The molecule has 1 heterocycles. The monoisotopic (exact) mass is 373 g/mol. The fraction of sp³-hybridized carbons (Fsp3) is 0.167. The van der Waals surface area contributed by atoms with Crippen LogP contribution in [0.25, 0.3) is 0 Å². The van der Waals surface area contributed by atoms with Gasteiger partial charge in [-0.2, -0.15) is 0 Å². The molecule has 2 aromatic carbocycles. The van der Waals surface area contributed by atoms with Crippen molar-refractivity contribution in [1.82, 2.24) is 10.2 Å². The summed E-state index contributed by atoms with van der Waals surface area (Å²) in [5.74, 6) is 0.460. The molecule has 0 aliphatic heterocycles. The second-order valence-electron chi connectivity index (χ2n) is 5.43. The fourth-order valence-corrected chi connectivity index (χ4v) is 3.77. The van der Waals surface area contributed by atoms with Crippen LogP contribution in [0.15, 0.2) is 52.9 Å². The Morgan fingerprint density at radius 3 is 2.56 bits per heavy atom. The molecule has 1 aromatic heterocycles. The lowest BCUT2D eigenvalue weighted by Gasteiger charge is -2.02. The maximum atomic E-state index is 12.9. The third kappa shape index (κ3) is 5.11. The molecule has 0 fully saturated rings. The number of carbonyl (C=O) groups excluding carboxylic acids is 1. The highest BCUT2D eigenvalue weighted by Gasteiger charge is 2.09. The normalized spacial score (nSPS) is 10.6. The third-order valence-corrected chi connectivity index (χ3v) is 5.54. The molecule has 0 radical (unpaired) electrons. The predicted octanol–water partition coefficient (Wildman–Crippen LogP) is 4.57. The Morgan fingerprint density at radius 1 is 1.12 bits per heavy atom. The number of anilines is 1. The number of halogens is 1. The summed E-state index contributed by atoms with van der Waals surface area (Å²) in [6, 6.07) is 13.9. The molecular weight excluding hydrogens is 357 g/mol. The lowest BCUT2D eigenvalue weighted by molar-refractivity contribution is 0.101. The van der Waals surface area contributed by atoms with Gasteiger partial charge >= 0.3 is 0 Å². The Balaban J connectivity index is 1.50. The van der Waals surface area contributed by atoms with Gasteiger partial charge in [0.05, 0.1) is 6.54 Å². The summed E-state index contributed by atoms with van der Waals surface area (Å²) in [6.45, 7) is 2.17. The fourth-order valence-electron chi connectivity index (χ4n) is 2.06. The molecule has 0 unspecified atom stereocenters. The van der Waals surface area contributed by atoms with Crippen molar-refractivity contribution in [2.45, 2.75) is 17.0 Å². The van der Waals surface area contributed by atoms with Crippen molar-refractivity contribution in [3.8, 4) is 0 Å². The van der Waals surface area contributed by atoms with Crippen molar-refractivity contribution in [3.05, 3.63) is 71.0 Å². The van der Waals surface area contributed by atoms with Gasteiger partial charge < -0.3 is 5.32 Å². The average Bonchev–Trinajstić information content (AvgIpc) is 3.08. The lowest BCUT2D eigenvalue weighted by Crippen LogP contribution is -2.13. The van der Waals surface area contributed by atoms with E-state index < -0.39 is 0 Å². The number of rotatable bonds is 7. The van der Waals surface area contributed by atoms with E-state index in [1.807, 2.05) is 31.2 Å². The molecule has 3 rings (SSSR count). The van der Waals surface area contributed by atoms with E-state index in [2.05, 4.69) is 15.5 Å². The third-order valence-electron chi connectivity index (χ3n) is 3.46. The molecule has 0 saturated heterocycles. The Morgan fingerprint density at radius 2 is 1.84 bits per heavy atom. The molecule has 1 N–H and O–H groups in total. The summed E-state index contributed by atoms with van der Waals surface area (Å²) in [5, 5.41) is 11.8. The number of aromatic nitrogens is 2. The highest BCUT2D eigenvalue weighted by Crippen LogP contribution is 2.28. The van der Waals surface area contributed by atoms with Crippen molar-refractivity contribution < 1.29 is 9.18 Å². The number of Topliss-reactive ketones (excluding diaryl/α,β-unsaturated/α-hetero) is 1. The van der Waals surface area contributed by atoms with Crippen LogP contribution in [0.1, 0.15) is 21.5 Å². The molecule has 0 spiro atoms. The van der Waals surface area contributed by atoms with E-state index in [0.717, 1.165) is 15.5 Å². The summed E-state index contributed by atoms with van der Waals surface area (Å²) < 4.78 is 13.7. The van der Waals surface area contributed by atoms with Crippen molar-refractivity contribution in [2.75, 3.05) is 11.9 Å². The lowest BCUT2D eigenvalue weighted by atomic mass is 10.1. The summed E-state index contributed by atoms with van der Waals surface area (Å²) in [6.07, 6.45) is 0. The first kappa shape index (κ1) is 17.6. The van der Waals surface area contributed by atoms with Crippen LogP contribution in [-0.4, -0.2) is 22.5 Å². The first-order chi connectivity index (χ1) is 12.1. The molecule has 0 aliphatic rings. The number of carbonyl (C=O) groups is 1. The van der Waals surface area contributed by atoms with Gasteiger partial charge in [0.2, 0.25) is 5.13 Å². The molecule has 0 aliphatic carbocycles. The topological polar surface area (TPSA) is 54.9 Å². The number of hydrogen-bond donors (Lipinski definition) is 1. The Kier molecular flexibility index (Phi) is 5.78. The second-order valence-corrected chi connectivity index (χ2v) is 7.63. The summed E-state index contributed by atoms with van der Waals surface area (Å²) in [7, 11) is 0. The van der Waals surface area contributed by atoms with Crippen molar-refractivity contribution in [2.24, 2.45) is 0 Å². The van der Waals surface area contributed by atoms with Crippen LogP contribution in [-0.2, 0) is 5.75 Å². The minimum absolute atomic E-state index is 0.00992. The van der Waals surface area contributed by atoms with E-state index in [1.54, 1.807) is 12.1 Å². The highest BCUT2D eigenvalue weighted by atomic mass is 32.2. The van der Waals surface area contributed by atoms with Crippen molar-refractivity contribution in [1.29, 1.82) is 0 Å². The average molecular weight is 373 g/mol. The van der Waals surface area contributed by atoms with Crippen LogP contribution >= 0.6 is 23.1 Å². The molecule has 25 heavy (non-hydrogen) atoms. The van der Waals surface area contributed by atoms with E-state index in [9.17, 15) is 9.18 Å². The van der Waals surface area contributed by atoms with Crippen LogP contribution in [0.5, 0.6) is 0 Å². The minimum Gasteiger partial charge on any atom is -0.353 e. The number of aryl methyl sites for hydroxylation is 1. The molecule has 0 bridgehead atoms. The zero-order valence-electron chi connectivity index (χ0n) is 13.5. The van der Waals surface area contributed by atoms with Gasteiger partial charge in [-0.3, -0.25) is 4.79 Å². The summed E-state index contributed by atoms with van der Waals surface area (Å²) in [4.78, 5) is 12.1. The highest BCUT2D eigenvalue weighted by molar-refractivity contribution is 8.00. The molecule has 3 aromatic rings. The van der Waals surface area contributed by atoms with E-state index in [1.165, 1.54) is 35.2 Å². The van der Waals surface area contributed by atoms with Gasteiger partial charge in [0.25, 0.3) is 0 Å².